The van der Waals surface area contributed by atoms with Crippen molar-refractivity contribution < 1.29 is 14.2 Å². The first-order valence-electron chi connectivity index (χ1n) is 14.8. The Labute approximate surface area is 263 Å². The fraction of sp³-hybridized carbons (Fsp3) is 0.0513. The van der Waals surface area contributed by atoms with Gasteiger partial charge in [0.1, 0.15) is 34.5 Å². The molecule has 1 aromatic heterocycles. The van der Waals surface area contributed by atoms with Gasteiger partial charge in [0.05, 0.1) is 12.4 Å². The van der Waals surface area contributed by atoms with Crippen LogP contribution in [0.4, 0.5) is 5.69 Å². The number of hydrogen-bond donors (Lipinski definition) is 0. The van der Waals surface area contributed by atoms with E-state index in [0.717, 1.165) is 57.7 Å². The van der Waals surface area contributed by atoms with E-state index < -0.39 is 0 Å². The zero-order valence-electron chi connectivity index (χ0n) is 24.8. The van der Waals surface area contributed by atoms with Crippen LogP contribution in [-0.2, 0) is 0 Å². The highest BCUT2D eigenvalue weighted by Gasteiger charge is 2.13. The molecule has 0 saturated carbocycles. The van der Waals surface area contributed by atoms with E-state index in [1.54, 1.807) is 0 Å². The minimum atomic E-state index is 0.648. The molecule has 1 aliphatic heterocycles. The highest BCUT2D eigenvalue weighted by atomic mass is 16.5. The molecule has 0 spiro atoms. The van der Waals surface area contributed by atoms with Gasteiger partial charge in [-0.2, -0.15) is 0 Å². The minimum Gasteiger partial charge on any atom is -0.457 e. The lowest BCUT2D eigenvalue weighted by molar-refractivity contribution is 0.460. The van der Waals surface area contributed by atoms with Gasteiger partial charge in [-0.1, -0.05) is 54.6 Å². The van der Waals surface area contributed by atoms with Crippen molar-refractivity contribution in [2.45, 2.75) is 0 Å². The fourth-order valence-corrected chi connectivity index (χ4v) is 5.15. The van der Waals surface area contributed by atoms with E-state index in [1.165, 1.54) is 0 Å². The van der Waals surface area contributed by atoms with Crippen molar-refractivity contribution >= 4 is 5.69 Å². The molecule has 1 aliphatic rings. The summed E-state index contributed by atoms with van der Waals surface area (Å²) < 4.78 is 18.8. The number of rotatable bonds is 9. The van der Waals surface area contributed by atoms with Crippen LogP contribution < -0.4 is 19.1 Å². The van der Waals surface area contributed by atoms with Crippen molar-refractivity contribution in [1.82, 2.24) is 9.88 Å². The quantitative estimate of drug-likeness (QED) is 0.167. The number of nitrogens with zero attached hydrogens (tertiary/aromatic N) is 3. The predicted octanol–water partition coefficient (Wildman–Crippen LogP) is 9.97. The fourth-order valence-electron chi connectivity index (χ4n) is 5.15. The molecule has 0 aliphatic carbocycles. The van der Waals surface area contributed by atoms with Gasteiger partial charge < -0.3 is 24.0 Å². The van der Waals surface area contributed by atoms with Crippen LogP contribution in [0, 0.1) is 0 Å². The van der Waals surface area contributed by atoms with E-state index in [2.05, 4.69) is 47.4 Å². The molecule has 0 N–H and O–H groups in total. The van der Waals surface area contributed by atoms with E-state index in [4.69, 9.17) is 19.2 Å². The Morgan fingerprint density at radius 1 is 0.489 bits per heavy atom. The van der Waals surface area contributed by atoms with Crippen molar-refractivity contribution in [3.63, 3.8) is 0 Å². The van der Waals surface area contributed by atoms with Crippen molar-refractivity contribution in [2.75, 3.05) is 18.6 Å². The summed E-state index contributed by atoms with van der Waals surface area (Å²) in [4.78, 5) is 9.03. The van der Waals surface area contributed by atoms with Crippen LogP contribution in [0.3, 0.4) is 0 Å². The third-order valence-electron chi connectivity index (χ3n) is 7.32. The second-order valence-electron chi connectivity index (χ2n) is 10.7. The monoisotopic (exact) mass is 589 g/mol. The first-order valence-corrected chi connectivity index (χ1v) is 14.8. The molecule has 7 rings (SSSR count). The zero-order valence-corrected chi connectivity index (χ0v) is 24.8. The van der Waals surface area contributed by atoms with E-state index in [1.807, 2.05) is 128 Å². The van der Waals surface area contributed by atoms with Gasteiger partial charge in [0.2, 0.25) is 0 Å². The third kappa shape index (κ3) is 6.81. The molecule has 0 fully saturated rings. The van der Waals surface area contributed by atoms with Gasteiger partial charge in [0, 0.05) is 49.0 Å². The molecule has 0 atom stereocenters. The average molecular weight is 590 g/mol. The van der Waals surface area contributed by atoms with Crippen LogP contribution in [-0.4, -0.2) is 23.6 Å². The molecule has 5 aromatic carbocycles. The highest BCUT2D eigenvalue weighted by Crippen LogP contribution is 2.36. The molecular weight excluding hydrogens is 558 g/mol. The molecule has 0 bridgehead atoms. The number of hydrogen-bond acceptors (Lipinski definition) is 6. The van der Waals surface area contributed by atoms with Crippen molar-refractivity contribution in [1.29, 1.82) is 0 Å². The number of para-hydroxylation sites is 2. The Morgan fingerprint density at radius 3 is 1.76 bits per heavy atom. The van der Waals surface area contributed by atoms with Crippen LogP contribution in [0.25, 0.3) is 22.4 Å². The molecule has 0 saturated heterocycles. The number of pyridine rings is 1. The smallest absolute Gasteiger partial charge is 0.131 e. The molecule has 0 unspecified atom stereocenters. The Hall–Kier alpha value is -6.01. The van der Waals surface area contributed by atoms with Gasteiger partial charge in [-0.25, -0.2) is 0 Å². The first kappa shape index (κ1) is 27.8. The van der Waals surface area contributed by atoms with Crippen molar-refractivity contribution in [3.8, 4) is 56.9 Å². The molecule has 0 radical (unpaired) electrons. The van der Waals surface area contributed by atoms with E-state index in [0.29, 0.717) is 11.5 Å². The predicted molar refractivity (Wildman–Crippen MR) is 179 cm³/mol. The molecule has 6 aromatic rings. The van der Waals surface area contributed by atoms with Gasteiger partial charge in [0.15, 0.2) is 0 Å². The van der Waals surface area contributed by atoms with Gasteiger partial charge in [-0.15, -0.1) is 0 Å². The van der Waals surface area contributed by atoms with E-state index >= 15 is 0 Å². The molecule has 0 amide bonds. The van der Waals surface area contributed by atoms with Gasteiger partial charge >= 0.3 is 0 Å². The summed E-state index contributed by atoms with van der Waals surface area (Å²) in [6, 6.07) is 45.6. The third-order valence-corrected chi connectivity index (χ3v) is 7.32. The van der Waals surface area contributed by atoms with Crippen LogP contribution in [0.2, 0.25) is 0 Å². The SMILES string of the molecule is CN1C=CN(c2cccc(Oc3cc(Oc4ccccc4)cc(-c4cc(-c5cccc(Oc6ccccc6)c5)ccn4)c3)c2)C1. The Kier molecular flexibility index (Phi) is 7.84. The lowest BCUT2D eigenvalue weighted by Crippen LogP contribution is -2.21. The Morgan fingerprint density at radius 2 is 1.07 bits per heavy atom. The topological polar surface area (TPSA) is 47.1 Å². The molecular formula is C39H31N3O3. The number of ether oxygens (including phenoxy) is 3. The molecule has 6 nitrogen and oxygen atoms in total. The van der Waals surface area contributed by atoms with Crippen molar-refractivity contribution in [2.24, 2.45) is 0 Å². The summed E-state index contributed by atoms with van der Waals surface area (Å²) in [5.74, 6) is 4.33. The maximum atomic E-state index is 6.44. The van der Waals surface area contributed by atoms with Crippen LogP contribution in [0.15, 0.2) is 158 Å². The Balaban J connectivity index is 1.21. The van der Waals surface area contributed by atoms with Crippen LogP contribution in [0.1, 0.15) is 0 Å². The standard InChI is InChI=1S/C39H31N3O3/c1-41-20-21-42(28-41)32-11-9-17-36(26-32)45-38-24-31(23-37(27-38)44-34-14-6-3-7-15-34)39-25-30(18-19-40-39)29-10-8-16-35(22-29)43-33-12-4-2-5-13-33/h2-27H,28H2,1H3. The zero-order chi connectivity index (χ0) is 30.4. The van der Waals surface area contributed by atoms with Crippen molar-refractivity contribution in [3.05, 3.63) is 158 Å². The minimum absolute atomic E-state index is 0.648. The normalized spacial score (nSPS) is 12.3. The molecule has 2 heterocycles. The molecule has 6 heteroatoms. The summed E-state index contributed by atoms with van der Waals surface area (Å²) in [6.45, 7) is 0.789. The van der Waals surface area contributed by atoms with Gasteiger partial charge in [0.25, 0.3) is 0 Å². The largest absolute Gasteiger partial charge is 0.457 e. The summed E-state index contributed by atoms with van der Waals surface area (Å²) in [5.41, 5.74) is 4.77. The maximum absolute atomic E-state index is 6.44. The number of benzene rings is 5. The van der Waals surface area contributed by atoms with E-state index in [9.17, 15) is 0 Å². The lowest BCUT2D eigenvalue weighted by atomic mass is 10.0. The molecule has 220 valence electrons. The maximum Gasteiger partial charge on any atom is 0.131 e. The second kappa shape index (κ2) is 12.7. The Bertz CT molecular complexity index is 1940. The van der Waals surface area contributed by atoms with Crippen LogP contribution >= 0.6 is 0 Å². The summed E-state index contributed by atoms with van der Waals surface area (Å²) in [5, 5.41) is 0. The summed E-state index contributed by atoms with van der Waals surface area (Å²) in [7, 11) is 2.05. The van der Waals surface area contributed by atoms with E-state index in [-0.39, 0.29) is 0 Å². The van der Waals surface area contributed by atoms with Crippen LogP contribution in [0.5, 0.6) is 34.5 Å². The highest BCUT2D eigenvalue weighted by molar-refractivity contribution is 5.73. The summed E-state index contributed by atoms with van der Waals surface area (Å²) >= 11 is 0. The van der Waals surface area contributed by atoms with Gasteiger partial charge in [-0.3, -0.25) is 4.98 Å². The first-order chi connectivity index (χ1) is 22.1. The second-order valence-corrected chi connectivity index (χ2v) is 10.7. The van der Waals surface area contributed by atoms with Gasteiger partial charge in [-0.05, 0) is 83.9 Å². The number of aromatic nitrogens is 1. The summed E-state index contributed by atoms with van der Waals surface area (Å²) in [6.07, 6.45) is 5.94. The molecule has 45 heavy (non-hydrogen) atoms. The average Bonchev–Trinajstić information content (AvgIpc) is 3.52. The lowest BCUT2D eigenvalue weighted by Gasteiger charge is -2.19. The number of anilines is 1.